The van der Waals surface area contributed by atoms with Gasteiger partial charge in [-0.2, -0.15) is 0 Å². The average Bonchev–Trinajstić information content (AvgIpc) is 1.58. The molecule has 3 nitrogen and oxygen atoms in total. The molecule has 0 unspecified atom stereocenters. The summed E-state index contributed by atoms with van der Waals surface area (Å²) in [6.45, 7) is 2.66. The van der Waals surface area contributed by atoms with Crippen molar-refractivity contribution in [1.29, 1.82) is 0 Å². The summed E-state index contributed by atoms with van der Waals surface area (Å²) in [7, 11) is 0. The summed E-state index contributed by atoms with van der Waals surface area (Å²) < 4.78 is 0. The molecule has 0 amide bonds. The molecule has 0 spiro atoms. The Morgan fingerprint density at radius 3 is 1.36 bits per heavy atom. The number of hydrogen-bond donors (Lipinski definition) is 0. The van der Waals surface area contributed by atoms with Crippen LogP contribution in [0.3, 0.4) is 0 Å². The normalized spacial score (nSPS) is 8.18. The van der Waals surface area contributed by atoms with Crippen molar-refractivity contribution in [2.24, 2.45) is 0 Å². The molecule has 0 aromatic carbocycles. The summed E-state index contributed by atoms with van der Waals surface area (Å²) in [4.78, 5) is 31.2. The van der Waals surface area contributed by atoms with Crippen LogP contribution in [-0.2, 0) is 31.5 Å². The van der Waals surface area contributed by atoms with Gasteiger partial charge in [-0.25, -0.2) is 0 Å². The fourth-order valence-electron chi connectivity index (χ4n) is 0.618. The Balaban J connectivity index is 0. The Labute approximate surface area is 76.0 Å². The SMILES string of the molecule is CC(=O)CC(=O)CC(C)=O.[Fe+3]. The van der Waals surface area contributed by atoms with Crippen molar-refractivity contribution >= 4 is 17.3 Å². The Morgan fingerprint density at radius 1 is 0.909 bits per heavy atom. The maximum Gasteiger partial charge on any atom is 3.00 e. The second-order valence-electron chi connectivity index (χ2n) is 2.30. The zero-order valence-electron chi connectivity index (χ0n) is 6.49. The van der Waals surface area contributed by atoms with Crippen LogP contribution >= 0.6 is 0 Å². The number of ketones is 3. The van der Waals surface area contributed by atoms with Crippen LogP contribution in [0.4, 0.5) is 0 Å². The predicted molar refractivity (Wildman–Crippen MR) is 35.6 cm³/mol. The molecule has 0 bridgehead atoms. The maximum atomic E-state index is 10.6. The first-order valence-corrected chi connectivity index (χ1v) is 3.03. The van der Waals surface area contributed by atoms with Gasteiger partial charge in [0.05, 0.1) is 12.8 Å². The van der Waals surface area contributed by atoms with Crippen LogP contribution in [0.5, 0.6) is 0 Å². The second-order valence-corrected chi connectivity index (χ2v) is 2.30. The molecule has 0 aliphatic carbocycles. The van der Waals surface area contributed by atoms with E-state index >= 15 is 0 Å². The smallest absolute Gasteiger partial charge is 0.300 e. The van der Waals surface area contributed by atoms with Crippen molar-refractivity contribution in [3.8, 4) is 0 Å². The second kappa shape index (κ2) is 6.25. The minimum atomic E-state index is -0.292. The van der Waals surface area contributed by atoms with Gasteiger partial charge in [-0.3, -0.25) is 14.4 Å². The van der Waals surface area contributed by atoms with Crippen LogP contribution in [0.25, 0.3) is 0 Å². The molecular weight excluding hydrogens is 188 g/mol. The standard InChI is InChI=1S/C7H10O3.Fe/c1-5(8)3-7(10)4-6(2)9;/h3-4H2,1-2H3;/q;+3. The first-order chi connectivity index (χ1) is 4.52. The molecule has 0 saturated heterocycles. The topological polar surface area (TPSA) is 51.2 Å². The van der Waals surface area contributed by atoms with E-state index in [4.69, 9.17) is 0 Å². The van der Waals surface area contributed by atoms with Crippen molar-refractivity contribution in [2.45, 2.75) is 26.7 Å². The minimum absolute atomic E-state index is 0. The zero-order valence-corrected chi connectivity index (χ0v) is 7.60. The molecule has 11 heavy (non-hydrogen) atoms. The number of rotatable bonds is 4. The maximum absolute atomic E-state index is 10.6. The minimum Gasteiger partial charge on any atom is -0.300 e. The van der Waals surface area contributed by atoms with Gasteiger partial charge in [0.1, 0.15) is 17.3 Å². The van der Waals surface area contributed by atoms with Crippen molar-refractivity contribution in [1.82, 2.24) is 0 Å². The molecule has 1 radical (unpaired) electrons. The molecule has 0 heterocycles. The van der Waals surface area contributed by atoms with Crippen LogP contribution in [-0.4, -0.2) is 17.3 Å². The molecule has 0 atom stereocenters. The summed E-state index contributed by atoms with van der Waals surface area (Å²) in [6, 6.07) is 0. The third-order valence-electron chi connectivity index (χ3n) is 0.892. The summed E-state index contributed by atoms with van der Waals surface area (Å²) in [5, 5.41) is 0. The van der Waals surface area contributed by atoms with Gasteiger partial charge in [0, 0.05) is 0 Å². The molecule has 0 rings (SSSR count). The van der Waals surface area contributed by atoms with E-state index < -0.39 is 0 Å². The molecular formula is C7H10FeO3+3. The quantitative estimate of drug-likeness (QED) is 0.488. The van der Waals surface area contributed by atoms with Crippen molar-refractivity contribution in [2.75, 3.05) is 0 Å². The zero-order chi connectivity index (χ0) is 8.15. The monoisotopic (exact) mass is 198 g/mol. The van der Waals surface area contributed by atoms with Crippen molar-refractivity contribution in [3.05, 3.63) is 0 Å². The van der Waals surface area contributed by atoms with E-state index in [1.54, 1.807) is 0 Å². The molecule has 0 aromatic rings. The Bertz CT molecular complexity index is 157. The van der Waals surface area contributed by atoms with Gasteiger partial charge in [0.15, 0.2) is 0 Å². The van der Waals surface area contributed by atoms with E-state index in [1.165, 1.54) is 13.8 Å². The molecule has 0 aliphatic heterocycles. The van der Waals surface area contributed by atoms with Crippen molar-refractivity contribution in [3.63, 3.8) is 0 Å². The van der Waals surface area contributed by atoms with E-state index in [1.807, 2.05) is 0 Å². The molecule has 0 saturated carbocycles. The first kappa shape index (κ1) is 13.1. The molecule has 0 aliphatic rings. The van der Waals surface area contributed by atoms with Crippen LogP contribution in [0, 0.1) is 0 Å². The van der Waals surface area contributed by atoms with Gasteiger partial charge in [0.25, 0.3) is 0 Å². The summed E-state index contributed by atoms with van der Waals surface area (Å²) in [5.41, 5.74) is 0. The average molecular weight is 198 g/mol. The third kappa shape index (κ3) is 9.53. The number of Topliss-reactive ketones (excluding diaryl/α,β-unsaturated/α-hetero) is 3. The van der Waals surface area contributed by atoms with Gasteiger partial charge < -0.3 is 0 Å². The van der Waals surface area contributed by atoms with E-state index in [9.17, 15) is 14.4 Å². The number of hydrogen-bond acceptors (Lipinski definition) is 3. The fourth-order valence-corrected chi connectivity index (χ4v) is 0.618. The van der Waals surface area contributed by atoms with Gasteiger partial charge in [-0.05, 0) is 13.8 Å². The predicted octanol–water partition coefficient (Wildman–Crippen LogP) is 0.511. The van der Waals surface area contributed by atoms with Gasteiger partial charge in [0.2, 0.25) is 0 Å². The number of carbonyl (C=O) groups is 3. The van der Waals surface area contributed by atoms with Gasteiger partial charge in [-0.1, -0.05) is 0 Å². The van der Waals surface area contributed by atoms with Crippen LogP contribution in [0.2, 0.25) is 0 Å². The van der Waals surface area contributed by atoms with Crippen molar-refractivity contribution < 1.29 is 31.5 Å². The molecule has 0 N–H and O–H groups in total. The Hall–Kier alpha value is -0.471. The molecule has 61 valence electrons. The molecule has 0 aromatic heterocycles. The fraction of sp³-hybridized carbons (Fsp3) is 0.571. The van der Waals surface area contributed by atoms with Gasteiger partial charge >= 0.3 is 17.1 Å². The molecule has 4 heteroatoms. The Kier molecular flexibility index (Phi) is 7.47. The van der Waals surface area contributed by atoms with E-state index in [-0.39, 0.29) is 47.3 Å². The Morgan fingerprint density at radius 2 is 1.18 bits per heavy atom. The summed E-state index contributed by atoms with van der Waals surface area (Å²) in [5.74, 6) is -0.669. The van der Waals surface area contributed by atoms with Crippen LogP contribution < -0.4 is 0 Å². The van der Waals surface area contributed by atoms with E-state index in [0.29, 0.717) is 0 Å². The van der Waals surface area contributed by atoms with E-state index in [0.717, 1.165) is 0 Å². The largest absolute Gasteiger partial charge is 3.00 e. The van der Waals surface area contributed by atoms with Gasteiger partial charge in [-0.15, -0.1) is 0 Å². The van der Waals surface area contributed by atoms with Crippen LogP contribution in [0.1, 0.15) is 26.7 Å². The van der Waals surface area contributed by atoms with Crippen LogP contribution in [0.15, 0.2) is 0 Å². The molecule has 0 fully saturated rings. The first-order valence-electron chi connectivity index (χ1n) is 3.03. The third-order valence-corrected chi connectivity index (χ3v) is 0.892. The summed E-state index contributed by atoms with van der Waals surface area (Å²) >= 11 is 0. The number of carbonyl (C=O) groups excluding carboxylic acids is 3. The van der Waals surface area contributed by atoms with E-state index in [2.05, 4.69) is 0 Å². The summed E-state index contributed by atoms with van der Waals surface area (Å²) in [6.07, 6.45) is -0.223.